The second kappa shape index (κ2) is 4.70. The van der Waals surface area contributed by atoms with Gasteiger partial charge in [0.2, 0.25) is 0 Å². The summed E-state index contributed by atoms with van der Waals surface area (Å²) >= 11 is 4.19. The molecule has 0 aliphatic carbocycles. The van der Waals surface area contributed by atoms with Crippen LogP contribution < -0.4 is 0 Å². The molecule has 4 heteroatoms. The molecule has 0 rings (SSSR count). The normalized spacial score (nSPS) is 5.00. The van der Waals surface area contributed by atoms with E-state index in [0.29, 0.717) is 0 Å². The Morgan fingerprint density at radius 2 is 1.80 bits per heavy atom. The van der Waals surface area contributed by atoms with Gasteiger partial charge in [0.05, 0.1) is 0 Å². The fraction of sp³-hybridized carbons (Fsp3) is 0. The molecule has 0 atom stereocenters. The van der Waals surface area contributed by atoms with E-state index in [1.165, 1.54) is 0 Å². The average molecular weight is 281 g/mol. The van der Waals surface area contributed by atoms with Crippen LogP contribution in [0.4, 0.5) is 4.79 Å². The van der Waals surface area contributed by atoms with E-state index >= 15 is 0 Å². The van der Waals surface area contributed by atoms with E-state index in [9.17, 15) is 0 Å². The summed E-state index contributed by atoms with van der Waals surface area (Å²) in [6.45, 7) is 0. The standard InChI is InChI=1S/CHClO2.Hg/c2-1(3)4;/h(H,3,4);. The molecule has 0 fully saturated rings. The Kier molecular flexibility index (Phi) is 8.63. The largest absolute Gasteiger partial charge is 0.469 e. The van der Waals surface area contributed by atoms with Crippen molar-refractivity contribution in [3.63, 3.8) is 0 Å². The molecule has 0 aromatic rings. The molecule has 5 heavy (non-hydrogen) atoms. The molecular weight excluding hydrogens is 280 g/mol. The molecule has 0 unspecified atom stereocenters. The van der Waals surface area contributed by atoms with Crippen LogP contribution in [0.3, 0.4) is 0 Å². The summed E-state index contributed by atoms with van der Waals surface area (Å²) in [6.07, 6.45) is 0. The van der Waals surface area contributed by atoms with Gasteiger partial charge < -0.3 is 5.11 Å². The van der Waals surface area contributed by atoms with Crippen LogP contribution in [-0.4, -0.2) is 10.5 Å². The SMILES string of the molecule is O=C(O)Cl.[Hg]. The van der Waals surface area contributed by atoms with Gasteiger partial charge >= 0.3 is 5.43 Å². The third-order valence-corrected chi connectivity index (χ3v) is 0. The summed E-state index contributed by atoms with van der Waals surface area (Å²) in [4.78, 5) is 8.77. The van der Waals surface area contributed by atoms with E-state index in [1.807, 2.05) is 0 Å². The number of carboxylic acid groups (broad SMARTS) is 1. The van der Waals surface area contributed by atoms with Crippen LogP contribution in [0.5, 0.6) is 0 Å². The van der Waals surface area contributed by atoms with Crippen LogP contribution in [0.15, 0.2) is 0 Å². The maximum atomic E-state index is 8.77. The minimum Gasteiger partial charge on any atom is -0.469 e. The van der Waals surface area contributed by atoms with Gasteiger partial charge in [-0.15, -0.1) is 0 Å². The zero-order chi connectivity index (χ0) is 3.58. The van der Waals surface area contributed by atoms with Gasteiger partial charge in [-0.2, -0.15) is 0 Å². The number of hydrogen-bond donors (Lipinski definition) is 1. The third-order valence-electron chi connectivity index (χ3n) is 0. The first-order chi connectivity index (χ1) is 1.73. The summed E-state index contributed by atoms with van der Waals surface area (Å²) in [6, 6.07) is 0. The molecule has 0 bridgehead atoms. The first kappa shape index (κ1) is 9.19. The van der Waals surface area contributed by atoms with Gasteiger partial charge in [0.15, 0.2) is 0 Å². The van der Waals surface area contributed by atoms with Gasteiger partial charge in [-0.1, -0.05) is 0 Å². The maximum absolute atomic E-state index is 8.77. The van der Waals surface area contributed by atoms with Crippen LogP contribution in [0, 0.1) is 0 Å². The molecule has 0 heterocycles. The summed E-state index contributed by atoms with van der Waals surface area (Å²) in [5.74, 6) is 0. The van der Waals surface area contributed by atoms with Gasteiger partial charge in [0, 0.05) is 39.3 Å². The monoisotopic (exact) mass is 282 g/mol. The van der Waals surface area contributed by atoms with Gasteiger partial charge in [0.1, 0.15) is 0 Å². The zero-order valence-electron chi connectivity index (χ0n) is 2.44. The van der Waals surface area contributed by atoms with Crippen LogP contribution in [0.1, 0.15) is 0 Å². The zero-order valence-corrected chi connectivity index (χ0v) is 8.69. The predicted octanol–water partition coefficient (Wildman–Crippen LogP) is 0.901. The van der Waals surface area contributed by atoms with E-state index in [0.717, 1.165) is 0 Å². The van der Waals surface area contributed by atoms with Crippen molar-refractivity contribution in [1.29, 1.82) is 0 Å². The quantitative estimate of drug-likeness (QED) is 0.529. The fourth-order valence-corrected chi connectivity index (χ4v) is 0. The molecule has 0 aliphatic rings. The second-order valence-electron chi connectivity index (χ2n) is 0.253. The van der Waals surface area contributed by atoms with Gasteiger partial charge in [-0.05, 0) is 0 Å². The van der Waals surface area contributed by atoms with Crippen molar-refractivity contribution in [2.45, 2.75) is 0 Å². The number of halogens is 1. The fourth-order valence-electron chi connectivity index (χ4n) is 0. The van der Waals surface area contributed by atoms with Crippen molar-refractivity contribution in [1.82, 2.24) is 0 Å². The summed E-state index contributed by atoms with van der Waals surface area (Å²) < 4.78 is 0. The molecule has 2 nitrogen and oxygen atoms in total. The minimum absolute atomic E-state index is 0. The summed E-state index contributed by atoms with van der Waals surface area (Å²) in [5, 5.41) is 7.18. The Bertz CT molecular complexity index is 32.6. The molecule has 0 saturated carbocycles. The Morgan fingerprint density at radius 3 is 1.80 bits per heavy atom. The molecule has 26 valence electrons. The molecule has 0 spiro atoms. The van der Waals surface area contributed by atoms with E-state index < -0.39 is 5.43 Å². The Hall–Kier alpha value is 0.695. The first-order valence-corrected chi connectivity index (χ1v) is 0.995. The Labute approximate surface area is 54.6 Å². The minimum atomic E-state index is -1.36. The summed E-state index contributed by atoms with van der Waals surface area (Å²) in [7, 11) is 0. The van der Waals surface area contributed by atoms with Crippen molar-refractivity contribution in [2.24, 2.45) is 0 Å². The third kappa shape index (κ3) is 70.6. The smallest absolute Gasteiger partial charge is 0.401 e. The van der Waals surface area contributed by atoms with Crippen LogP contribution >= 0.6 is 11.6 Å². The van der Waals surface area contributed by atoms with Gasteiger partial charge in [-0.3, -0.25) is 0 Å². The van der Waals surface area contributed by atoms with E-state index in [-0.39, 0.29) is 27.7 Å². The van der Waals surface area contributed by atoms with E-state index in [4.69, 9.17) is 9.90 Å². The molecule has 0 amide bonds. The van der Waals surface area contributed by atoms with Crippen LogP contribution in [-0.2, 0) is 27.7 Å². The number of rotatable bonds is 0. The van der Waals surface area contributed by atoms with E-state index in [1.54, 1.807) is 0 Å². The van der Waals surface area contributed by atoms with Crippen LogP contribution in [0.25, 0.3) is 0 Å². The molecule has 0 saturated heterocycles. The van der Waals surface area contributed by atoms with Crippen molar-refractivity contribution >= 4 is 17.0 Å². The first-order valence-electron chi connectivity index (χ1n) is 0.617. The summed E-state index contributed by atoms with van der Waals surface area (Å²) in [5.41, 5.74) is -1.36. The predicted molar refractivity (Wildman–Crippen MR) is 13.9 cm³/mol. The molecule has 0 aliphatic heterocycles. The number of hydrogen-bond acceptors (Lipinski definition) is 1. The topological polar surface area (TPSA) is 37.3 Å². The van der Waals surface area contributed by atoms with Crippen molar-refractivity contribution in [3.05, 3.63) is 0 Å². The molecule has 0 aromatic carbocycles. The van der Waals surface area contributed by atoms with Crippen molar-refractivity contribution < 1.29 is 37.6 Å². The number of carbonyl (C=O) groups is 1. The molecular formula is CHClHgO2. The van der Waals surface area contributed by atoms with Crippen molar-refractivity contribution in [2.75, 3.05) is 0 Å². The second-order valence-corrected chi connectivity index (χ2v) is 0.576. The van der Waals surface area contributed by atoms with Gasteiger partial charge in [-0.25, -0.2) is 4.79 Å². The van der Waals surface area contributed by atoms with Gasteiger partial charge in [0.25, 0.3) is 0 Å². The molecule has 1 N–H and O–H groups in total. The Balaban J connectivity index is 0. The van der Waals surface area contributed by atoms with E-state index in [2.05, 4.69) is 11.6 Å². The Morgan fingerprint density at radius 1 is 1.80 bits per heavy atom. The van der Waals surface area contributed by atoms with Crippen LogP contribution in [0.2, 0.25) is 0 Å². The molecule has 0 aromatic heterocycles. The van der Waals surface area contributed by atoms with Crippen molar-refractivity contribution in [3.8, 4) is 0 Å². The molecule has 0 radical (unpaired) electrons. The average Bonchev–Trinajstić information content (AvgIpc) is 0.811. The maximum Gasteiger partial charge on any atom is 0.401 e.